The molecule has 0 radical (unpaired) electrons. The van der Waals surface area contributed by atoms with Crippen molar-refractivity contribution in [3.8, 4) is 0 Å². The average molecular weight is 330 g/mol. The predicted octanol–water partition coefficient (Wildman–Crippen LogP) is 4.18. The number of aryl methyl sites for hydroxylation is 1. The van der Waals surface area contributed by atoms with Gasteiger partial charge in [0.1, 0.15) is 7.05 Å². The number of para-hydroxylation sites is 2. The molecule has 1 aliphatic rings. The van der Waals surface area contributed by atoms with Crippen LogP contribution < -0.4 is 9.58 Å². The summed E-state index contributed by atoms with van der Waals surface area (Å²) >= 11 is 0. The standard InChI is InChI=1S/C22H24N3/c1-16-22(2,3)19-10-6-8-12-21(19)25(16)23-15-17-13-14-24(4)20-11-7-5-9-18(17)20/h5-16H,1-4H3/q+1. The number of benzene rings is 2. The summed E-state index contributed by atoms with van der Waals surface area (Å²) in [4.78, 5) is 0. The Balaban J connectivity index is 1.78. The van der Waals surface area contributed by atoms with Crippen molar-refractivity contribution in [3.63, 3.8) is 0 Å². The summed E-state index contributed by atoms with van der Waals surface area (Å²) in [5.41, 5.74) is 5.01. The summed E-state index contributed by atoms with van der Waals surface area (Å²) in [6.45, 7) is 6.84. The molecule has 2 heterocycles. The lowest BCUT2D eigenvalue weighted by molar-refractivity contribution is -0.644. The molecule has 2 aromatic carbocycles. The second-order valence-corrected chi connectivity index (χ2v) is 7.40. The van der Waals surface area contributed by atoms with Crippen LogP contribution in [0.5, 0.6) is 0 Å². The number of pyridine rings is 1. The lowest BCUT2D eigenvalue weighted by Gasteiger charge is -2.27. The third-order valence-electron chi connectivity index (χ3n) is 5.65. The zero-order valence-corrected chi connectivity index (χ0v) is 15.3. The molecule has 126 valence electrons. The fourth-order valence-corrected chi connectivity index (χ4v) is 3.74. The SMILES string of the molecule is CC1N(N=Cc2cc[n+](C)c3ccccc23)c2ccccc2C1(C)C. The molecule has 1 aromatic heterocycles. The van der Waals surface area contributed by atoms with E-state index in [1.165, 1.54) is 22.2 Å². The fraction of sp³-hybridized carbons (Fsp3) is 0.273. The van der Waals surface area contributed by atoms with Crippen LogP contribution in [0.2, 0.25) is 0 Å². The van der Waals surface area contributed by atoms with Gasteiger partial charge in [-0.1, -0.05) is 44.2 Å². The Morgan fingerprint density at radius 1 is 1.04 bits per heavy atom. The van der Waals surface area contributed by atoms with Gasteiger partial charge in [0.25, 0.3) is 0 Å². The summed E-state index contributed by atoms with van der Waals surface area (Å²) in [7, 11) is 2.07. The van der Waals surface area contributed by atoms with Gasteiger partial charge in [0.2, 0.25) is 5.52 Å². The number of hydrazone groups is 1. The maximum atomic E-state index is 4.89. The molecule has 1 atom stereocenters. The van der Waals surface area contributed by atoms with Gasteiger partial charge >= 0.3 is 0 Å². The van der Waals surface area contributed by atoms with Crippen molar-refractivity contribution in [2.75, 3.05) is 5.01 Å². The highest BCUT2D eigenvalue weighted by Gasteiger charge is 2.41. The van der Waals surface area contributed by atoms with Gasteiger partial charge in [0, 0.05) is 23.1 Å². The average Bonchev–Trinajstić information content (AvgIpc) is 2.82. The summed E-state index contributed by atoms with van der Waals surface area (Å²) in [6.07, 6.45) is 4.09. The quantitative estimate of drug-likeness (QED) is 0.509. The maximum absolute atomic E-state index is 4.89. The number of nitrogens with zero attached hydrogens (tertiary/aromatic N) is 3. The van der Waals surface area contributed by atoms with E-state index in [0.717, 1.165) is 5.56 Å². The van der Waals surface area contributed by atoms with Crippen LogP contribution in [-0.2, 0) is 12.5 Å². The van der Waals surface area contributed by atoms with Gasteiger partial charge < -0.3 is 0 Å². The van der Waals surface area contributed by atoms with Gasteiger partial charge in [-0.25, -0.2) is 4.57 Å². The van der Waals surface area contributed by atoms with Crippen molar-refractivity contribution in [3.05, 3.63) is 71.9 Å². The third kappa shape index (κ3) is 2.42. The summed E-state index contributed by atoms with van der Waals surface area (Å²) in [6, 6.07) is 19.5. The second-order valence-electron chi connectivity index (χ2n) is 7.40. The van der Waals surface area contributed by atoms with Crippen molar-refractivity contribution in [1.82, 2.24) is 0 Å². The highest BCUT2D eigenvalue weighted by molar-refractivity contribution is 5.97. The van der Waals surface area contributed by atoms with E-state index in [1.807, 2.05) is 6.21 Å². The lowest BCUT2D eigenvalue weighted by atomic mass is 9.81. The number of hydrogen-bond acceptors (Lipinski definition) is 2. The Hall–Kier alpha value is -2.68. The molecule has 0 aliphatic carbocycles. The van der Waals surface area contributed by atoms with Gasteiger partial charge in [-0.3, -0.25) is 5.01 Å². The Morgan fingerprint density at radius 2 is 1.76 bits per heavy atom. The van der Waals surface area contributed by atoms with Gasteiger partial charge in [-0.05, 0) is 24.6 Å². The minimum absolute atomic E-state index is 0.0825. The highest BCUT2D eigenvalue weighted by Crippen LogP contribution is 2.44. The van der Waals surface area contributed by atoms with Crippen LogP contribution in [0.3, 0.4) is 0 Å². The van der Waals surface area contributed by atoms with E-state index < -0.39 is 0 Å². The first-order valence-electron chi connectivity index (χ1n) is 8.80. The molecule has 0 spiro atoms. The summed E-state index contributed by atoms with van der Waals surface area (Å²) in [5.74, 6) is 0. The number of anilines is 1. The Labute approximate surface area is 149 Å². The van der Waals surface area contributed by atoms with Crippen molar-refractivity contribution in [2.45, 2.75) is 32.2 Å². The lowest BCUT2D eigenvalue weighted by Crippen LogP contribution is -2.36. The van der Waals surface area contributed by atoms with Gasteiger partial charge in [0.05, 0.1) is 23.3 Å². The van der Waals surface area contributed by atoms with Crippen LogP contribution in [0.15, 0.2) is 65.9 Å². The molecule has 0 amide bonds. The smallest absolute Gasteiger partial charge is 0.212 e. The van der Waals surface area contributed by atoms with Gasteiger partial charge in [-0.2, -0.15) is 5.10 Å². The van der Waals surface area contributed by atoms with E-state index >= 15 is 0 Å². The molecule has 4 rings (SSSR count). The Bertz CT molecular complexity index is 972. The van der Waals surface area contributed by atoms with E-state index in [1.54, 1.807) is 0 Å². The van der Waals surface area contributed by atoms with Gasteiger partial charge in [-0.15, -0.1) is 0 Å². The molecule has 1 aliphatic heterocycles. The zero-order valence-electron chi connectivity index (χ0n) is 15.3. The Kier molecular flexibility index (Phi) is 3.60. The molecule has 0 saturated heterocycles. The molecule has 3 aromatic rings. The molecule has 1 unspecified atom stereocenters. The topological polar surface area (TPSA) is 19.5 Å². The van der Waals surface area contributed by atoms with Crippen LogP contribution in [-0.4, -0.2) is 12.3 Å². The zero-order chi connectivity index (χ0) is 17.6. The van der Waals surface area contributed by atoms with Crippen LogP contribution in [0.4, 0.5) is 5.69 Å². The van der Waals surface area contributed by atoms with E-state index in [2.05, 4.69) is 98.2 Å². The van der Waals surface area contributed by atoms with Crippen molar-refractivity contribution >= 4 is 22.8 Å². The molecule has 3 heteroatoms. The van der Waals surface area contributed by atoms with Crippen LogP contribution in [0.25, 0.3) is 10.9 Å². The third-order valence-corrected chi connectivity index (χ3v) is 5.65. The molecule has 3 nitrogen and oxygen atoms in total. The molecular formula is C22H24N3+. The van der Waals surface area contributed by atoms with E-state index in [0.29, 0.717) is 6.04 Å². The number of rotatable bonds is 2. The van der Waals surface area contributed by atoms with E-state index in [-0.39, 0.29) is 5.41 Å². The number of aromatic nitrogens is 1. The molecule has 25 heavy (non-hydrogen) atoms. The first-order chi connectivity index (χ1) is 12.0. The van der Waals surface area contributed by atoms with E-state index in [9.17, 15) is 0 Å². The minimum atomic E-state index is 0.0825. The van der Waals surface area contributed by atoms with Crippen molar-refractivity contribution in [1.29, 1.82) is 0 Å². The number of fused-ring (bicyclic) bond motifs is 2. The van der Waals surface area contributed by atoms with Crippen LogP contribution >= 0.6 is 0 Å². The summed E-state index contributed by atoms with van der Waals surface area (Å²) in [5, 5.41) is 8.27. The number of hydrogen-bond donors (Lipinski definition) is 0. The highest BCUT2D eigenvalue weighted by atomic mass is 15.5. The normalized spacial score (nSPS) is 18.9. The van der Waals surface area contributed by atoms with Crippen LogP contribution in [0, 0.1) is 0 Å². The van der Waals surface area contributed by atoms with Crippen molar-refractivity contribution < 1.29 is 4.57 Å². The molecule has 0 saturated carbocycles. The first-order valence-corrected chi connectivity index (χ1v) is 8.80. The fourth-order valence-electron chi connectivity index (χ4n) is 3.74. The molecule has 0 N–H and O–H groups in total. The molecular weight excluding hydrogens is 306 g/mol. The van der Waals surface area contributed by atoms with Crippen molar-refractivity contribution in [2.24, 2.45) is 12.1 Å². The largest absolute Gasteiger partial charge is 0.262 e. The first kappa shape index (κ1) is 15.8. The molecule has 0 fully saturated rings. The van der Waals surface area contributed by atoms with Crippen LogP contribution in [0.1, 0.15) is 31.9 Å². The maximum Gasteiger partial charge on any atom is 0.212 e. The van der Waals surface area contributed by atoms with E-state index in [4.69, 9.17) is 5.10 Å². The predicted molar refractivity (Wildman–Crippen MR) is 104 cm³/mol. The monoisotopic (exact) mass is 330 g/mol. The Morgan fingerprint density at radius 3 is 2.60 bits per heavy atom. The molecule has 0 bridgehead atoms. The summed E-state index contributed by atoms with van der Waals surface area (Å²) < 4.78 is 2.14. The second kappa shape index (κ2) is 5.69. The minimum Gasteiger partial charge on any atom is -0.262 e. The van der Waals surface area contributed by atoms with Gasteiger partial charge in [0.15, 0.2) is 6.20 Å².